The lowest BCUT2D eigenvalue weighted by atomic mass is 10.0. The summed E-state index contributed by atoms with van der Waals surface area (Å²) in [6.45, 7) is 3.50. The third kappa shape index (κ3) is 6.03. The molecule has 0 bridgehead atoms. The standard InChI is InChI=1S/C15H25FN2O/c1-4-13(17)10-12-6-7-15(14(16)11-12)19-9-5-8-18(2)3/h6-7,11,13H,4-5,8-10,17H2,1-3H3. The van der Waals surface area contributed by atoms with E-state index < -0.39 is 0 Å². The van der Waals surface area contributed by atoms with Crippen LogP contribution < -0.4 is 10.5 Å². The van der Waals surface area contributed by atoms with Crippen LogP contribution in [0.2, 0.25) is 0 Å². The SMILES string of the molecule is CCC(N)Cc1ccc(OCCCN(C)C)c(F)c1. The number of halogens is 1. The van der Waals surface area contributed by atoms with E-state index in [0.717, 1.165) is 24.9 Å². The molecule has 0 aliphatic carbocycles. The fourth-order valence-corrected chi connectivity index (χ4v) is 1.80. The van der Waals surface area contributed by atoms with E-state index >= 15 is 0 Å². The highest BCUT2D eigenvalue weighted by Gasteiger charge is 2.07. The molecule has 0 aliphatic rings. The first-order valence-corrected chi connectivity index (χ1v) is 6.84. The summed E-state index contributed by atoms with van der Waals surface area (Å²) in [6, 6.07) is 5.20. The summed E-state index contributed by atoms with van der Waals surface area (Å²) >= 11 is 0. The minimum atomic E-state index is -0.300. The van der Waals surface area contributed by atoms with Crippen LogP contribution in [0.3, 0.4) is 0 Å². The van der Waals surface area contributed by atoms with Gasteiger partial charge in [0.25, 0.3) is 0 Å². The molecule has 1 aromatic rings. The van der Waals surface area contributed by atoms with Gasteiger partial charge in [0.05, 0.1) is 6.61 Å². The first-order valence-electron chi connectivity index (χ1n) is 6.84. The second-order valence-corrected chi connectivity index (χ2v) is 5.14. The Kier molecular flexibility index (Phi) is 6.81. The Morgan fingerprint density at radius 1 is 1.37 bits per heavy atom. The molecule has 0 heterocycles. The molecule has 0 spiro atoms. The van der Waals surface area contributed by atoms with Crippen LogP contribution in [0.25, 0.3) is 0 Å². The van der Waals surface area contributed by atoms with Crippen LogP contribution in [-0.2, 0) is 6.42 Å². The molecular formula is C15H25FN2O. The second kappa shape index (κ2) is 8.12. The predicted octanol–water partition coefficient (Wildman–Crippen LogP) is 2.44. The minimum Gasteiger partial charge on any atom is -0.490 e. The van der Waals surface area contributed by atoms with Gasteiger partial charge >= 0.3 is 0 Å². The van der Waals surface area contributed by atoms with Gasteiger partial charge < -0.3 is 15.4 Å². The highest BCUT2D eigenvalue weighted by molar-refractivity contribution is 5.29. The van der Waals surface area contributed by atoms with E-state index in [1.807, 2.05) is 27.1 Å². The smallest absolute Gasteiger partial charge is 0.165 e. The van der Waals surface area contributed by atoms with Gasteiger partial charge in [0, 0.05) is 12.6 Å². The Balaban J connectivity index is 2.48. The summed E-state index contributed by atoms with van der Waals surface area (Å²) in [5.41, 5.74) is 6.78. The predicted molar refractivity (Wildman–Crippen MR) is 77.0 cm³/mol. The summed E-state index contributed by atoms with van der Waals surface area (Å²) < 4.78 is 19.3. The van der Waals surface area contributed by atoms with E-state index in [2.05, 4.69) is 4.90 Å². The van der Waals surface area contributed by atoms with E-state index in [1.165, 1.54) is 6.07 Å². The summed E-state index contributed by atoms with van der Waals surface area (Å²) in [5.74, 6) is 0.0261. The maximum absolute atomic E-state index is 13.8. The normalized spacial score (nSPS) is 12.7. The van der Waals surface area contributed by atoms with Gasteiger partial charge in [-0.15, -0.1) is 0 Å². The highest BCUT2D eigenvalue weighted by atomic mass is 19.1. The van der Waals surface area contributed by atoms with Crippen LogP contribution in [0.5, 0.6) is 5.75 Å². The molecule has 0 fully saturated rings. The molecule has 2 N–H and O–H groups in total. The molecule has 0 saturated heterocycles. The number of benzene rings is 1. The Hall–Kier alpha value is -1.13. The van der Waals surface area contributed by atoms with Crippen LogP contribution in [0.15, 0.2) is 18.2 Å². The topological polar surface area (TPSA) is 38.5 Å². The second-order valence-electron chi connectivity index (χ2n) is 5.14. The average molecular weight is 268 g/mol. The molecule has 3 nitrogen and oxygen atoms in total. The van der Waals surface area contributed by atoms with Crippen molar-refractivity contribution in [2.45, 2.75) is 32.2 Å². The van der Waals surface area contributed by atoms with Crippen molar-refractivity contribution in [1.82, 2.24) is 4.90 Å². The molecule has 1 aromatic carbocycles. The van der Waals surface area contributed by atoms with Crippen LogP contribution in [0.1, 0.15) is 25.3 Å². The van der Waals surface area contributed by atoms with Crippen LogP contribution in [0.4, 0.5) is 4.39 Å². The average Bonchev–Trinajstić information content (AvgIpc) is 2.36. The fourth-order valence-electron chi connectivity index (χ4n) is 1.80. The van der Waals surface area contributed by atoms with E-state index in [9.17, 15) is 4.39 Å². The number of nitrogens with two attached hydrogens (primary N) is 1. The first kappa shape index (κ1) is 15.9. The fraction of sp³-hybridized carbons (Fsp3) is 0.600. The number of nitrogens with zero attached hydrogens (tertiary/aromatic N) is 1. The van der Waals surface area contributed by atoms with Crippen LogP contribution >= 0.6 is 0 Å². The molecule has 1 atom stereocenters. The maximum Gasteiger partial charge on any atom is 0.165 e. The zero-order valence-corrected chi connectivity index (χ0v) is 12.2. The first-order chi connectivity index (χ1) is 9.02. The summed E-state index contributed by atoms with van der Waals surface area (Å²) in [4.78, 5) is 2.08. The summed E-state index contributed by atoms with van der Waals surface area (Å²) in [7, 11) is 4.01. The van der Waals surface area contributed by atoms with E-state index in [1.54, 1.807) is 6.07 Å². The quantitative estimate of drug-likeness (QED) is 0.736. The van der Waals surface area contributed by atoms with Gasteiger partial charge in [0.2, 0.25) is 0 Å². The maximum atomic E-state index is 13.8. The van der Waals surface area contributed by atoms with Crippen molar-refractivity contribution < 1.29 is 9.13 Å². The zero-order valence-electron chi connectivity index (χ0n) is 12.2. The van der Waals surface area contributed by atoms with Gasteiger partial charge in [0.15, 0.2) is 11.6 Å². The molecule has 108 valence electrons. The zero-order chi connectivity index (χ0) is 14.3. The minimum absolute atomic E-state index is 0.0891. The van der Waals surface area contributed by atoms with Gasteiger partial charge in [-0.05, 0) is 51.1 Å². The molecule has 0 aliphatic heterocycles. The molecule has 4 heteroatoms. The number of ether oxygens (including phenoxy) is 1. The lowest BCUT2D eigenvalue weighted by Gasteiger charge is -2.12. The van der Waals surface area contributed by atoms with Gasteiger partial charge in [-0.2, -0.15) is 0 Å². The Morgan fingerprint density at radius 2 is 2.11 bits per heavy atom. The molecule has 0 saturated carbocycles. The van der Waals surface area contributed by atoms with Gasteiger partial charge in [0.1, 0.15) is 0 Å². The van der Waals surface area contributed by atoms with Crippen LogP contribution in [0, 0.1) is 5.82 Å². The van der Waals surface area contributed by atoms with Crippen molar-refractivity contribution in [3.05, 3.63) is 29.6 Å². The van der Waals surface area contributed by atoms with Crippen molar-refractivity contribution in [3.8, 4) is 5.75 Å². The van der Waals surface area contributed by atoms with Crippen molar-refractivity contribution >= 4 is 0 Å². The molecule has 0 radical (unpaired) electrons. The van der Waals surface area contributed by atoms with E-state index in [4.69, 9.17) is 10.5 Å². The highest BCUT2D eigenvalue weighted by Crippen LogP contribution is 2.19. The van der Waals surface area contributed by atoms with E-state index in [0.29, 0.717) is 18.8 Å². The monoisotopic (exact) mass is 268 g/mol. The van der Waals surface area contributed by atoms with E-state index in [-0.39, 0.29) is 11.9 Å². The van der Waals surface area contributed by atoms with Gasteiger partial charge in [-0.25, -0.2) is 4.39 Å². The lowest BCUT2D eigenvalue weighted by Crippen LogP contribution is -2.21. The van der Waals surface area contributed by atoms with Gasteiger partial charge in [-0.3, -0.25) is 0 Å². The number of hydrogen-bond donors (Lipinski definition) is 1. The Bertz CT molecular complexity index is 382. The molecular weight excluding hydrogens is 243 g/mol. The van der Waals surface area contributed by atoms with Crippen molar-refractivity contribution in [2.24, 2.45) is 5.73 Å². The number of rotatable bonds is 8. The molecule has 1 rings (SSSR count). The molecule has 0 aromatic heterocycles. The number of hydrogen-bond acceptors (Lipinski definition) is 3. The van der Waals surface area contributed by atoms with Crippen molar-refractivity contribution in [1.29, 1.82) is 0 Å². The largest absolute Gasteiger partial charge is 0.490 e. The third-order valence-corrected chi connectivity index (χ3v) is 3.03. The summed E-state index contributed by atoms with van der Waals surface area (Å²) in [6.07, 6.45) is 2.48. The Labute approximate surface area is 115 Å². The Morgan fingerprint density at radius 3 is 2.68 bits per heavy atom. The third-order valence-electron chi connectivity index (χ3n) is 3.03. The lowest BCUT2D eigenvalue weighted by molar-refractivity contribution is 0.271. The van der Waals surface area contributed by atoms with Crippen molar-refractivity contribution in [2.75, 3.05) is 27.2 Å². The molecule has 1 unspecified atom stereocenters. The molecule has 0 amide bonds. The van der Waals surface area contributed by atoms with Crippen molar-refractivity contribution in [3.63, 3.8) is 0 Å². The summed E-state index contributed by atoms with van der Waals surface area (Å²) in [5, 5.41) is 0. The van der Waals surface area contributed by atoms with Gasteiger partial charge in [-0.1, -0.05) is 13.0 Å². The van der Waals surface area contributed by atoms with Crippen LogP contribution in [-0.4, -0.2) is 38.2 Å². The molecule has 19 heavy (non-hydrogen) atoms.